The molecule has 2 unspecified atom stereocenters. The molecule has 2 atom stereocenters. The van der Waals surface area contributed by atoms with Crippen LogP contribution in [0.4, 0.5) is 10.5 Å². The average molecular weight is 268 g/mol. The summed E-state index contributed by atoms with van der Waals surface area (Å²) in [5.74, 6) is 0.883. The third kappa shape index (κ3) is 4.98. The van der Waals surface area contributed by atoms with Crippen molar-refractivity contribution >= 4 is 23.5 Å². The van der Waals surface area contributed by atoms with Crippen LogP contribution in [0.2, 0.25) is 0 Å². The van der Waals surface area contributed by atoms with Gasteiger partial charge in [0.2, 0.25) is 0 Å². The van der Waals surface area contributed by atoms with E-state index in [1.54, 1.807) is 43.0 Å². The Hall–Kier alpha value is -1.20. The van der Waals surface area contributed by atoms with Crippen LogP contribution < -0.4 is 10.6 Å². The molecule has 0 fully saturated rings. The molecule has 0 bridgehead atoms. The van der Waals surface area contributed by atoms with Gasteiger partial charge in [-0.2, -0.15) is 11.8 Å². The molecule has 0 heterocycles. The lowest BCUT2D eigenvalue weighted by atomic mass is 10.1. The quantitative estimate of drug-likeness (QED) is 0.769. The summed E-state index contributed by atoms with van der Waals surface area (Å²) in [6, 6.07) is 7.08. The second-order valence-electron chi connectivity index (χ2n) is 4.25. The Labute approximate surface area is 112 Å². The molecule has 1 aromatic carbocycles. The number of urea groups is 1. The maximum atomic E-state index is 11.6. The minimum Gasteiger partial charge on any atom is -0.389 e. The minimum atomic E-state index is -0.491. The molecule has 1 rings (SSSR count). The van der Waals surface area contributed by atoms with Gasteiger partial charge in [-0.15, -0.1) is 0 Å². The van der Waals surface area contributed by atoms with Crippen LogP contribution in [0.15, 0.2) is 24.3 Å². The molecule has 1 aromatic rings. The van der Waals surface area contributed by atoms with Crippen molar-refractivity contribution < 1.29 is 9.90 Å². The van der Waals surface area contributed by atoms with Gasteiger partial charge < -0.3 is 15.7 Å². The molecular formula is C13H20N2O2S. The summed E-state index contributed by atoms with van der Waals surface area (Å²) in [5, 5.41) is 15.0. The number of carbonyl (C=O) groups excluding carboxylic acids is 1. The van der Waals surface area contributed by atoms with Gasteiger partial charge in [-0.1, -0.05) is 12.1 Å². The van der Waals surface area contributed by atoms with Crippen LogP contribution in [-0.2, 0) is 0 Å². The molecule has 2 amide bonds. The van der Waals surface area contributed by atoms with E-state index < -0.39 is 6.10 Å². The van der Waals surface area contributed by atoms with Gasteiger partial charge in [0.1, 0.15) is 0 Å². The van der Waals surface area contributed by atoms with Crippen LogP contribution in [0.5, 0.6) is 0 Å². The van der Waals surface area contributed by atoms with E-state index in [0.717, 1.165) is 11.3 Å². The summed E-state index contributed by atoms with van der Waals surface area (Å²) in [4.78, 5) is 11.6. The van der Waals surface area contributed by atoms with E-state index in [9.17, 15) is 9.90 Å². The van der Waals surface area contributed by atoms with E-state index in [4.69, 9.17) is 0 Å². The minimum absolute atomic E-state index is 0.136. The van der Waals surface area contributed by atoms with Crippen molar-refractivity contribution in [3.63, 3.8) is 0 Å². The third-order valence-electron chi connectivity index (χ3n) is 2.45. The summed E-state index contributed by atoms with van der Waals surface area (Å²) >= 11 is 1.69. The molecule has 0 aliphatic carbocycles. The van der Waals surface area contributed by atoms with Gasteiger partial charge in [0.25, 0.3) is 0 Å². The summed E-state index contributed by atoms with van der Waals surface area (Å²) in [7, 11) is 0. The lowest BCUT2D eigenvalue weighted by Gasteiger charge is -2.13. The van der Waals surface area contributed by atoms with Gasteiger partial charge in [-0.3, -0.25) is 0 Å². The number of amides is 2. The number of aliphatic hydroxyl groups is 1. The highest BCUT2D eigenvalue weighted by molar-refractivity contribution is 7.98. The van der Waals surface area contributed by atoms with Crippen LogP contribution in [0, 0.1) is 0 Å². The number of rotatable bonds is 5. The SMILES string of the molecule is CSCC(C)NC(=O)Nc1ccc(C(C)O)cc1. The first-order valence-electron chi connectivity index (χ1n) is 5.87. The number of anilines is 1. The van der Waals surface area contributed by atoms with Gasteiger partial charge in [-0.25, -0.2) is 4.79 Å². The standard InChI is InChI=1S/C13H20N2O2S/c1-9(8-18-3)14-13(17)15-12-6-4-11(5-7-12)10(2)16/h4-7,9-10,16H,8H2,1-3H3,(H2,14,15,17). The maximum Gasteiger partial charge on any atom is 0.319 e. The van der Waals surface area contributed by atoms with Crippen molar-refractivity contribution in [2.45, 2.75) is 26.0 Å². The molecule has 0 aromatic heterocycles. The predicted molar refractivity (Wildman–Crippen MR) is 77.1 cm³/mol. The summed E-state index contributed by atoms with van der Waals surface area (Å²) < 4.78 is 0. The van der Waals surface area contributed by atoms with Crippen molar-refractivity contribution in [3.05, 3.63) is 29.8 Å². The zero-order valence-electron chi connectivity index (χ0n) is 10.9. The number of hydrogen-bond donors (Lipinski definition) is 3. The molecule has 0 radical (unpaired) electrons. The highest BCUT2D eigenvalue weighted by Gasteiger charge is 2.07. The molecule has 5 heteroatoms. The number of aliphatic hydroxyl groups excluding tert-OH is 1. The molecule has 0 aliphatic heterocycles. The van der Waals surface area contributed by atoms with Gasteiger partial charge >= 0.3 is 6.03 Å². The van der Waals surface area contributed by atoms with Crippen molar-refractivity contribution in [3.8, 4) is 0 Å². The fraction of sp³-hybridized carbons (Fsp3) is 0.462. The molecule has 3 N–H and O–H groups in total. The molecule has 0 aliphatic rings. The molecule has 0 spiro atoms. The first-order valence-corrected chi connectivity index (χ1v) is 7.26. The smallest absolute Gasteiger partial charge is 0.319 e. The second-order valence-corrected chi connectivity index (χ2v) is 5.16. The Morgan fingerprint density at radius 1 is 1.33 bits per heavy atom. The zero-order chi connectivity index (χ0) is 13.5. The van der Waals surface area contributed by atoms with Crippen LogP contribution in [0.1, 0.15) is 25.5 Å². The van der Waals surface area contributed by atoms with Gasteiger partial charge in [0.05, 0.1) is 6.10 Å². The normalized spacial score (nSPS) is 13.8. The first-order chi connectivity index (χ1) is 8.52. The van der Waals surface area contributed by atoms with Gasteiger partial charge in [-0.05, 0) is 37.8 Å². The molecule has 100 valence electrons. The number of benzene rings is 1. The molecule has 18 heavy (non-hydrogen) atoms. The van der Waals surface area contributed by atoms with Crippen LogP contribution >= 0.6 is 11.8 Å². The Kier molecular flexibility index (Phi) is 6.01. The highest BCUT2D eigenvalue weighted by atomic mass is 32.2. The van der Waals surface area contributed by atoms with Gasteiger partial charge in [0.15, 0.2) is 0 Å². The summed E-state index contributed by atoms with van der Waals surface area (Å²) in [5.41, 5.74) is 1.55. The molecule has 4 nitrogen and oxygen atoms in total. The fourth-order valence-corrected chi connectivity index (χ4v) is 2.11. The molecule has 0 saturated heterocycles. The zero-order valence-corrected chi connectivity index (χ0v) is 11.8. The van der Waals surface area contributed by atoms with E-state index in [1.165, 1.54) is 0 Å². The lowest BCUT2D eigenvalue weighted by molar-refractivity contribution is 0.199. The maximum absolute atomic E-state index is 11.6. The number of hydrogen-bond acceptors (Lipinski definition) is 3. The van der Waals surface area contributed by atoms with Gasteiger partial charge in [0, 0.05) is 17.5 Å². The van der Waals surface area contributed by atoms with Crippen molar-refractivity contribution in [2.75, 3.05) is 17.3 Å². The highest BCUT2D eigenvalue weighted by Crippen LogP contribution is 2.15. The Morgan fingerprint density at radius 2 is 1.94 bits per heavy atom. The molecular weight excluding hydrogens is 248 g/mol. The Morgan fingerprint density at radius 3 is 2.44 bits per heavy atom. The topological polar surface area (TPSA) is 61.4 Å². The van der Waals surface area contributed by atoms with E-state index in [-0.39, 0.29) is 12.1 Å². The third-order valence-corrected chi connectivity index (χ3v) is 3.28. The lowest BCUT2D eigenvalue weighted by Crippen LogP contribution is -2.37. The van der Waals surface area contributed by atoms with E-state index in [1.807, 2.05) is 13.2 Å². The average Bonchev–Trinajstić information content (AvgIpc) is 2.29. The first kappa shape index (κ1) is 14.9. The van der Waals surface area contributed by atoms with Crippen LogP contribution in [-0.4, -0.2) is 29.2 Å². The number of thioether (sulfide) groups is 1. The second kappa shape index (κ2) is 7.28. The summed E-state index contributed by atoms with van der Waals surface area (Å²) in [6.07, 6.45) is 1.51. The Balaban J connectivity index is 2.49. The van der Waals surface area contributed by atoms with Crippen LogP contribution in [0.3, 0.4) is 0 Å². The Bertz CT molecular complexity index is 379. The number of carbonyl (C=O) groups is 1. The van der Waals surface area contributed by atoms with E-state index in [0.29, 0.717) is 5.69 Å². The summed E-state index contributed by atoms with van der Waals surface area (Å²) in [6.45, 7) is 3.67. The largest absolute Gasteiger partial charge is 0.389 e. The van der Waals surface area contributed by atoms with Crippen molar-refractivity contribution in [2.24, 2.45) is 0 Å². The van der Waals surface area contributed by atoms with E-state index >= 15 is 0 Å². The van der Waals surface area contributed by atoms with Crippen molar-refractivity contribution in [1.82, 2.24) is 5.32 Å². The van der Waals surface area contributed by atoms with Crippen LogP contribution in [0.25, 0.3) is 0 Å². The van der Waals surface area contributed by atoms with E-state index in [2.05, 4.69) is 10.6 Å². The monoisotopic (exact) mass is 268 g/mol. The van der Waals surface area contributed by atoms with Crippen molar-refractivity contribution in [1.29, 1.82) is 0 Å². The predicted octanol–water partition coefficient (Wildman–Crippen LogP) is 2.61. The molecule has 0 saturated carbocycles. The fourth-order valence-electron chi connectivity index (χ4n) is 1.53. The number of nitrogens with one attached hydrogen (secondary N) is 2.